The SMILES string of the molecule is COc1cccc(C(=O)OC(C)C(=O)NC(=O)NC(C)(C)C)c1O. The van der Waals surface area contributed by atoms with Crippen LogP contribution in [0.15, 0.2) is 18.2 Å². The van der Waals surface area contributed by atoms with Gasteiger partial charge in [0.15, 0.2) is 17.6 Å². The first-order valence-corrected chi connectivity index (χ1v) is 7.25. The zero-order chi connectivity index (χ0) is 18.5. The van der Waals surface area contributed by atoms with Crippen LogP contribution in [0.3, 0.4) is 0 Å². The van der Waals surface area contributed by atoms with Crippen LogP contribution < -0.4 is 15.4 Å². The van der Waals surface area contributed by atoms with E-state index in [0.29, 0.717) is 0 Å². The quantitative estimate of drug-likeness (QED) is 0.718. The van der Waals surface area contributed by atoms with Crippen LogP contribution in [0.2, 0.25) is 0 Å². The van der Waals surface area contributed by atoms with Crippen molar-refractivity contribution in [2.45, 2.75) is 39.3 Å². The van der Waals surface area contributed by atoms with Crippen molar-refractivity contribution in [1.82, 2.24) is 10.6 Å². The Hall–Kier alpha value is -2.77. The summed E-state index contributed by atoms with van der Waals surface area (Å²) in [6.45, 7) is 6.58. The van der Waals surface area contributed by atoms with Crippen LogP contribution in [0.1, 0.15) is 38.1 Å². The number of imide groups is 1. The van der Waals surface area contributed by atoms with Crippen LogP contribution in [0.25, 0.3) is 0 Å². The molecule has 8 nitrogen and oxygen atoms in total. The Labute approximate surface area is 140 Å². The molecule has 0 fully saturated rings. The van der Waals surface area contributed by atoms with Gasteiger partial charge >= 0.3 is 12.0 Å². The molecule has 0 aliphatic rings. The number of aromatic hydroxyl groups is 1. The van der Waals surface area contributed by atoms with E-state index in [1.807, 2.05) is 0 Å². The molecular weight excluding hydrogens is 316 g/mol. The second kappa shape index (κ2) is 7.67. The summed E-state index contributed by atoms with van der Waals surface area (Å²) in [4.78, 5) is 35.5. The van der Waals surface area contributed by atoms with E-state index in [2.05, 4.69) is 10.6 Å². The molecule has 0 radical (unpaired) electrons. The summed E-state index contributed by atoms with van der Waals surface area (Å²) in [6, 6.07) is 3.60. The molecule has 0 bridgehead atoms. The molecule has 1 rings (SSSR count). The van der Waals surface area contributed by atoms with E-state index in [1.54, 1.807) is 20.8 Å². The summed E-state index contributed by atoms with van der Waals surface area (Å²) < 4.78 is 9.86. The highest BCUT2D eigenvalue weighted by molar-refractivity contribution is 5.99. The molecule has 1 aromatic rings. The number of para-hydroxylation sites is 1. The lowest BCUT2D eigenvalue weighted by Crippen LogP contribution is -2.50. The van der Waals surface area contributed by atoms with E-state index in [1.165, 1.54) is 32.2 Å². The predicted molar refractivity (Wildman–Crippen MR) is 86.0 cm³/mol. The lowest BCUT2D eigenvalue weighted by Gasteiger charge is -2.21. The Kier molecular flexibility index (Phi) is 6.16. The molecule has 3 amide bonds. The second-order valence-electron chi connectivity index (χ2n) is 6.10. The average molecular weight is 338 g/mol. The third-order valence-corrected chi connectivity index (χ3v) is 2.82. The maximum absolute atomic E-state index is 12.0. The fourth-order valence-corrected chi connectivity index (χ4v) is 1.71. The number of benzene rings is 1. The summed E-state index contributed by atoms with van der Waals surface area (Å²) in [7, 11) is 1.34. The number of amides is 3. The summed E-state index contributed by atoms with van der Waals surface area (Å²) in [5, 5.41) is 14.5. The molecule has 1 atom stereocenters. The van der Waals surface area contributed by atoms with Crippen molar-refractivity contribution in [3.63, 3.8) is 0 Å². The molecule has 0 spiro atoms. The maximum atomic E-state index is 12.0. The smallest absolute Gasteiger partial charge is 0.342 e. The number of rotatable bonds is 4. The summed E-state index contributed by atoms with van der Waals surface area (Å²) in [6.07, 6.45) is -1.23. The van der Waals surface area contributed by atoms with Gasteiger partial charge in [-0.2, -0.15) is 0 Å². The molecule has 0 saturated heterocycles. The number of phenols is 1. The highest BCUT2D eigenvalue weighted by Gasteiger charge is 2.24. The van der Waals surface area contributed by atoms with Crippen molar-refractivity contribution in [1.29, 1.82) is 0 Å². The average Bonchev–Trinajstić information content (AvgIpc) is 2.45. The number of hydrogen-bond acceptors (Lipinski definition) is 6. The van der Waals surface area contributed by atoms with Gasteiger partial charge in [-0.05, 0) is 39.8 Å². The lowest BCUT2D eigenvalue weighted by molar-refractivity contribution is -0.127. The number of carbonyl (C=O) groups is 3. The molecule has 1 aromatic carbocycles. The molecule has 0 aromatic heterocycles. The minimum Gasteiger partial charge on any atom is -0.504 e. The van der Waals surface area contributed by atoms with Gasteiger partial charge in [-0.25, -0.2) is 9.59 Å². The molecular formula is C16H22N2O6. The number of methoxy groups -OCH3 is 1. The van der Waals surface area contributed by atoms with Crippen molar-refractivity contribution in [3.8, 4) is 11.5 Å². The van der Waals surface area contributed by atoms with E-state index in [-0.39, 0.29) is 17.1 Å². The summed E-state index contributed by atoms with van der Waals surface area (Å²) in [5.41, 5.74) is -0.662. The van der Waals surface area contributed by atoms with Crippen LogP contribution in [0, 0.1) is 0 Å². The number of hydrogen-bond donors (Lipinski definition) is 3. The largest absolute Gasteiger partial charge is 0.504 e. The van der Waals surface area contributed by atoms with Gasteiger partial charge in [-0.15, -0.1) is 0 Å². The second-order valence-corrected chi connectivity index (χ2v) is 6.10. The standard InChI is InChI=1S/C16H22N2O6/c1-9(13(20)17-15(22)18-16(2,3)4)24-14(21)10-7-6-8-11(23-5)12(10)19/h6-9,19H,1-5H3,(H2,17,18,20,22). The molecule has 0 aliphatic heterocycles. The van der Waals surface area contributed by atoms with Crippen LogP contribution in [-0.4, -0.2) is 41.8 Å². The molecule has 3 N–H and O–H groups in total. The zero-order valence-electron chi connectivity index (χ0n) is 14.3. The van der Waals surface area contributed by atoms with Gasteiger partial charge < -0.3 is 19.9 Å². The van der Waals surface area contributed by atoms with Gasteiger partial charge in [0.2, 0.25) is 0 Å². The van der Waals surface area contributed by atoms with Crippen LogP contribution in [0.4, 0.5) is 4.79 Å². The van der Waals surface area contributed by atoms with Crippen molar-refractivity contribution >= 4 is 17.9 Å². The number of phenolic OH excluding ortho intramolecular Hbond substituents is 1. The predicted octanol–water partition coefficient (Wildman–Crippen LogP) is 1.57. The first-order valence-electron chi connectivity index (χ1n) is 7.25. The number of nitrogens with one attached hydrogen (secondary N) is 2. The van der Waals surface area contributed by atoms with E-state index in [4.69, 9.17) is 9.47 Å². The molecule has 24 heavy (non-hydrogen) atoms. The first kappa shape index (κ1) is 19.3. The van der Waals surface area contributed by atoms with Crippen molar-refractivity contribution < 1.29 is 29.0 Å². The Bertz CT molecular complexity index is 636. The third kappa shape index (κ3) is 5.45. The topological polar surface area (TPSA) is 114 Å². The van der Waals surface area contributed by atoms with Gasteiger partial charge in [0.1, 0.15) is 5.56 Å². The van der Waals surface area contributed by atoms with E-state index in [9.17, 15) is 19.5 Å². The van der Waals surface area contributed by atoms with Crippen LogP contribution in [-0.2, 0) is 9.53 Å². The first-order chi connectivity index (χ1) is 11.0. The van der Waals surface area contributed by atoms with Crippen molar-refractivity contribution in [2.75, 3.05) is 7.11 Å². The van der Waals surface area contributed by atoms with Crippen LogP contribution >= 0.6 is 0 Å². The minimum absolute atomic E-state index is 0.103. The van der Waals surface area contributed by atoms with E-state index < -0.39 is 29.6 Å². The summed E-state index contributed by atoms with van der Waals surface area (Å²) in [5.74, 6) is -1.98. The van der Waals surface area contributed by atoms with Crippen molar-refractivity contribution in [3.05, 3.63) is 23.8 Å². The Morgan fingerprint density at radius 1 is 1.21 bits per heavy atom. The highest BCUT2D eigenvalue weighted by Crippen LogP contribution is 2.29. The zero-order valence-corrected chi connectivity index (χ0v) is 14.3. The van der Waals surface area contributed by atoms with Gasteiger partial charge in [-0.1, -0.05) is 6.07 Å². The fraction of sp³-hybridized carbons (Fsp3) is 0.438. The van der Waals surface area contributed by atoms with E-state index >= 15 is 0 Å². The van der Waals surface area contributed by atoms with Gasteiger partial charge in [-0.3, -0.25) is 10.1 Å². The van der Waals surface area contributed by atoms with Crippen molar-refractivity contribution in [2.24, 2.45) is 0 Å². The number of urea groups is 1. The summed E-state index contributed by atoms with van der Waals surface area (Å²) >= 11 is 0. The van der Waals surface area contributed by atoms with Gasteiger partial charge in [0.25, 0.3) is 5.91 Å². The Morgan fingerprint density at radius 3 is 2.38 bits per heavy atom. The number of esters is 1. The van der Waals surface area contributed by atoms with Gasteiger partial charge in [0.05, 0.1) is 7.11 Å². The molecule has 0 saturated carbocycles. The fourth-order valence-electron chi connectivity index (χ4n) is 1.71. The minimum atomic E-state index is -1.23. The molecule has 0 heterocycles. The highest BCUT2D eigenvalue weighted by atomic mass is 16.5. The number of carbonyl (C=O) groups excluding carboxylic acids is 3. The molecule has 0 aliphatic carbocycles. The lowest BCUT2D eigenvalue weighted by atomic mass is 10.1. The molecule has 8 heteroatoms. The Balaban J connectivity index is 2.70. The normalized spacial score (nSPS) is 12.0. The van der Waals surface area contributed by atoms with Gasteiger partial charge in [0, 0.05) is 5.54 Å². The molecule has 1 unspecified atom stereocenters. The third-order valence-electron chi connectivity index (χ3n) is 2.82. The van der Waals surface area contributed by atoms with E-state index in [0.717, 1.165) is 0 Å². The van der Waals surface area contributed by atoms with Crippen LogP contribution in [0.5, 0.6) is 11.5 Å². The maximum Gasteiger partial charge on any atom is 0.342 e. The number of ether oxygens (including phenoxy) is 2. The monoisotopic (exact) mass is 338 g/mol. The molecule has 132 valence electrons. The Morgan fingerprint density at radius 2 is 1.83 bits per heavy atom.